The molecule has 0 atom stereocenters. The molecule has 3 rings (SSSR count). The third-order valence-electron chi connectivity index (χ3n) is 4.73. The van der Waals surface area contributed by atoms with E-state index in [0.717, 1.165) is 50.9 Å². The number of hydrogen-bond acceptors (Lipinski definition) is 2. The van der Waals surface area contributed by atoms with Crippen LogP contribution in [0.25, 0.3) is 0 Å². The monoisotopic (exact) mass is 290 g/mol. The molecule has 1 aromatic rings. The summed E-state index contributed by atoms with van der Waals surface area (Å²) >= 11 is 0. The lowest BCUT2D eigenvalue weighted by Gasteiger charge is -2.34. The van der Waals surface area contributed by atoms with Crippen molar-refractivity contribution in [2.45, 2.75) is 44.7 Å². The summed E-state index contributed by atoms with van der Waals surface area (Å²) in [6, 6.07) is 7.06. The molecule has 0 spiro atoms. The van der Waals surface area contributed by atoms with Crippen LogP contribution in [0, 0.1) is 11.7 Å². The minimum absolute atomic E-state index is 0.184. The van der Waals surface area contributed by atoms with Gasteiger partial charge in [0.1, 0.15) is 5.82 Å². The fourth-order valence-electron chi connectivity index (χ4n) is 3.07. The number of rotatable bonds is 4. The Morgan fingerprint density at radius 2 is 1.81 bits per heavy atom. The van der Waals surface area contributed by atoms with Gasteiger partial charge in [-0.2, -0.15) is 0 Å². The summed E-state index contributed by atoms with van der Waals surface area (Å²) in [5, 5.41) is 3.20. The van der Waals surface area contributed by atoms with E-state index >= 15 is 0 Å². The molecule has 0 unspecified atom stereocenters. The number of halogens is 1. The van der Waals surface area contributed by atoms with Crippen molar-refractivity contribution in [3.05, 3.63) is 35.6 Å². The Kier molecular flexibility index (Phi) is 4.54. The van der Waals surface area contributed by atoms with Gasteiger partial charge in [-0.25, -0.2) is 4.39 Å². The van der Waals surface area contributed by atoms with Crippen LogP contribution in [0.15, 0.2) is 24.3 Å². The fourth-order valence-corrected chi connectivity index (χ4v) is 3.07. The number of carbonyl (C=O) groups excluding carboxylic acids is 1. The van der Waals surface area contributed by atoms with Crippen LogP contribution in [-0.2, 0) is 11.3 Å². The molecule has 0 radical (unpaired) electrons. The third-order valence-corrected chi connectivity index (χ3v) is 4.73. The normalized spacial score (nSPS) is 21.0. The van der Waals surface area contributed by atoms with Crippen LogP contribution in [0.5, 0.6) is 0 Å². The summed E-state index contributed by atoms with van der Waals surface area (Å²) in [7, 11) is 0. The predicted molar refractivity (Wildman–Crippen MR) is 80.2 cm³/mol. The highest BCUT2D eigenvalue weighted by Gasteiger charge is 2.28. The van der Waals surface area contributed by atoms with Gasteiger partial charge in [0, 0.05) is 31.6 Å². The number of piperidine rings is 1. The minimum atomic E-state index is -0.184. The van der Waals surface area contributed by atoms with Crippen LogP contribution in [0.1, 0.15) is 37.7 Å². The second-order valence-corrected chi connectivity index (χ2v) is 6.31. The maximum Gasteiger partial charge on any atom is 0.223 e. The summed E-state index contributed by atoms with van der Waals surface area (Å²) in [4.78, 5) is 14.3. The molecule has 114 valence electrons. The number of hydrogen-bond donors (Lipinski definition) is 1. The molecule has 1 aliphatic carbocycles. The molecular weight excluding hydrogens is 267 g/mol. The highest BCUT2D eigenvalue weighted by atomic mass is 19.1. The van der Waals surface area contributed by atoms with E-state index < -0.39 is 0 Å². The molecule has 1 aliphatic heterocycles. The quantitative estimate of drug-likeness (QED) is 0.924. The second kappa shape index (κ2) is 6.56. The van der Waals surface area contributed by atoms with E-state index in [0.29, 0.717) is 6.04 Å². The maximum atomic E-state index is 12.9. The number of benzene rings is 1. The molecule has 1 amide bonds. The summed E-state index contributed by atoms with van der Waals surface area (Å²) < 4.78 is 12.9. The van der Waals surface area contributed by atoms with Crippen LogP contribution in [0.3, 0.4) is 0 Å². The Labute approximate surface area is 125 Å². The van der Waals surface area contributed by atoms with E-state index in [2.05, 4.69) is 10.2 Å². The Bertz CT molecular complexity index is 476. The highest BCUT2D eigenvalue weighted by Crippen LogP contribution is 2.26. The largest absolute Gasteiger partial charge is 0.353 e. The molecule has 1 N–H and O–H groups in total. The van der Waals surface area contributed by atoms with Crippen molar-refractivity contribution < 1.29 is 9.18 Å². The van der Waals surface area contributed by atoms with Crippen molar-refractivity contribution in [1.82, 2.24) is 10.2 Å². The summed E-state index contributed by atoms with van der Waals surface area (Å²) in [6.45, 7) is 2.85. The van der Waals surface area contributed by atoms with E-state index in [-0.39, 0.29) is 17.6 Å². The van der Waals surface area contributed by atoms with Crippen molar-refractivity contribution >= 4 is 5.91 Å². The second-order valence-electron chi connectivity index (χ2n) is 6.31. The molecule has 2 aliphatic rings. The molecule has 4 heteroatoms. The van der Waals surface area contributed by atoms with E-state index in [1.807, 2.05) is 12.1 Å². The number of amides is 1. The van der Waals surface area contributed by atoms with Crippen LogP contribution in [0.4, 0.5) is 4.39 Å². The topological polar surface area (TPSA) is 32.3 Å². The Balaban J connectivity index is 1.42. The molecule has 1 saturated carbocycles. The van der Waals surface area contributed by atoms with Gasteiger partial charge in [0.25, 0.3) is 0 Å². The average molecular weight is 290 g/mol. The first-order valence-corrected chi connectivity index (χ1v) is 7.98. The van der Waals surface area contributed by atoms with Crippen molar-refractivity contribution in [2.24, 2.45) is 5.92 Å². The lowest BCUT2D eigenvalue weighted by Crippen LogP contribution is -2.47. The third kappa shape index (κ3) is 3.82. The SMILES string of the molecule is O=C(NC1CCN(Cc2ccc(F)cc2)CC1)C1CCC1. The van der Waals surface area contributed by atoms with Crippen LogP contribution in [0.2, 0.25) is 0 Å². The van der Waals surface area contributed by atoms with Crippen LogP contribution < -0.4 is 5.32 Å². The standard InChI is InChI=1S/C17H23FN2O/c18-15-6-4-13(5-7-15)12-20-10-8-16(9-11-20)19-17(21)14-2-1-3-14/h4-7,14,16H,1-3,8-12H2,(H,19,21). The van der Waals surface area contributed by atoms with Crippen molar-refractivity contribution in [2.75, 3.05) is 13.1 Å². The molecular formula is C17H23FN2O. The lowest BCUT2D eigenvalue weighted by molar-refractivity contribution is -0.128. The van der Waals surface area contributed by atoms with Crippen LogP contribution in [-0.4, -0.2) is 29.9 Å². The van der Waals surface area contributed by atoms with Gasteiger partial charge in [0.05, 0.1) is 0 Å². The van der Waals surface area contributed by atoms with Crippen molar-refractivity contribution in [3.63, 3.8) is 0 Å². The lowest BCUT2D eigenvalue weighted by atomic mass is 9.84. The van der Waals surface area contributed by atoms with Gasteiger partial charge in [-0.15, -0.1) is 0 Å². The number of likely N-dealkylation sites (tertiary alicyclic amines) is 1. The van der Waals surface area contributed by atoms with E-state index in [1.165, 1.54) is 18.6 Å². The zero-order valence-electron chi connectivity index (χ0n) is 12.4. The first-order valence-electron chi connectivity index (χ1n) is 7.98. The van der Waals surface area contributed by atoms with E-state index in [1.54, 1.807) is 0 Å². The zero-order chi connectivity index (χ0) is 14.7. The first-order chi connectivity index (χ1) is 10.2. The van der Waals surface area contributed by atoms with Gasteiger partial charge in [0.2, 0.25) is 5.91 Å². The molecule has 0 bridgehead atoms. The average Bonchev–Trinajstić information content (AvgIpc) is 2.41. The smallest absolute Gasteiger partial charge is 0.223 e. The predicted octanol–water partition coefficient (Wildman–Crippen LogP) is 2.71. The Morgan fingerprint density at radius 1 is 1.14 bits per heavy atom. The summed E-state index contributed by atoms with van der Waals surface area (Å²) in [5.74, 6) is 0.358. The summed E-state index contributed by atoms with van der Waals surface area (Å²) in [6.07, 6.45) is 5.36. The van der Waals surface area contributed by atoms with E-state index in [9.17, 15) is 9.18 Å². The zero-order valence-corrected chi connectivity index (χ0v) is 12.4. The molecule has 1 heterocycles. The van der Waals surface area contributed by atoms with Crippen molar-refractivity contribution in [1.29, 1.82) is 0 Å². The number of nitrogens with one attached hydrogen (secondary N) is 1. The fraction of sp³-hybridized carbons (Fsp3) is 0.588. The molecule has 1 aromatic carbocycles. The maximum absolute atomic E-state index is 12.9. The van der Waals surface area contributed by atoms with Gasteiger partial charge in [-0.1, -0.05) is 18.6 Å². The number of carbonyl (C=O) groups is 1. The van der Waals surface area contributed by atoms with Gasteiger partial charge >= 0.3 is 0 Å². The highest BCUT2D eigenvalue weighted by molar-refractivity contribution is 5.79. The Hall–Kier alpha value is -1.42. The molecule has 1 saturated heterocycles. The Morgan fingerprint density at radius 3 is 2.38 bits per heavy atom. The van der Waals surface area contributed by atoms with Crippen molar-refractivity contribution in [3.8, 4) is 0 Å². The summed E-state index contributed by atoms with van der Waals surface area (Å²) in [5.41, 5.74) is 1.15. The van der Waals surface area contributed by atoms with Crippen LogP contribution >= 0.6 is 0 Å². The molecule has 2 fully saturated rings. The van der Waals surface area contributed by atoms with Gasteiger partial charge in [-0.3, -0.25) is 9.69 Å². The first kappa shape index (κ1) is 14.5. The molecule has 0 aromatic heterocycles. The number of nitrogens with zero attached hydrogens (tertiary/aromatic N) is 1. The molecule has 21 heavy (non-hydrogen) atoms. The van der Waals surface area contributed by atoms with Gasteiger partial charge in [-0.05, 0) is 43.4 Å². The minimum Gasteiger partial charge on any atom is -0.353 e. The van der Waals surface area contributed by atoms with E-state index in [4.69, 9.17) is 0 Å². The van der Waals surface area contributed by atoms with Gasteiger partial charge < -0.3 is 5.32 Å². The van der Waals surface area contributed by atoms with Gasteiger partial charge in [0.15, 0.2) is 0 Å². The molecule has 3 nitrogen and oxygen atoms in total.